The molecule has 2 amide bonds. The van der Waals surface area contributed by atoms with Gasteiger partial charge in [0.2, 0.25) is 11.8 Å². The van der Waals surface area contributed by atoms with Gasteiger partial charge in [0.25, 0.3) is 0 Å². The smallest absolute Gasteiger partial charge is 0.326 e. The van der Waals surface area contributed by atoms with Crippen LogP contribution >= 0.6 is 0 Å². The van der Waals surface area contributed by atoms with Crippen LogP contribution in [-0.2, 0) is 20.8 Å². The molecule has 0 aliphatic heterocycles. The Labute approximate surface area is 134 Å². The molecule has 0 saturated carbocycles. The quantitative estimate of drug-likeness (QED) is 0.393. The Kier molecular flexibility index (Phi) is 7.20. The predicted molar refractivity (Wildman–Crippen MR) is 82.3 cm³/mol. The summed E-state index contributed by atoms with van der Waals surface area (Å²) in [6.45, 7) is 3.56. The van der Waals surface area contributed by atoms with Gasteiger partial charge in [0, 0.05) is 18.3 Å². The van der Waals surface area contributed by atoms with E-state index in [1.54, 1.807) is 0 Å². The average Bonchev–Trinajstić information content (AvgIpc) is 2.97. The van der Waals surface area contributed by atoms with Crippen LogP contribution in [0.15, 0.2) is 12.5 Å². The van der Waals surface area contributed by atoms with E-state index in [1.807, 2.05) is 13.8 Å². The third kappa shape index (κ3) is 6.47. The summed E-state index contributed by atoms with van der Waals surface area (Å²) in [5.74, 6) is -2.04. The zero-order valence-electron chi connectivity index (χ0n) is 13.2. The van der Waals surface area contributed by atoms with E-state index in [0.717, 1.165) is 0 Å². The Balaban J connectivity index is 2.75. The van der Waals surface area contributed by atoms with Crippen LogP contribution in [-0.4, -0.2) is 51.5 Å². The SMILES string of the molecule is CC(C)CC(NC(=O)CN)C(=O)NC(Cc1cnc[nH]1)C(=O)O. The van der Waals surface area contributed by atoms with Gasteiger partial charge in [0.1, 0.15) is 12.1 Å². The van der Waals surface area contributed by atoms with Gasteiger partial charge in [-0.15, -0.1) is 0 Å². The minimum Gasteiger partial charge on any atom is -0.480 e. The van der Waals surface area contributed by atoms with Gasteiger partial charge in [0.05, 0.1) is 12.9 Å². The summed E-state index contributed by atoms with van der Waals surface area (Å²) in [4.78, 5) is 41.7. The number of nitrogens with zero attached hydrogens (tertiary/aromatic N) is 1. The van der Waals surface area contributed by atoms with Crippen LogP contribution in [0.1, 0.15) is 26.0 Å². The first-order valence-electron chi connectivity index (χ1n) is 7.33. The fourth-order valence-electron chi connectivity index (χ4n) is 2.04. The van der Waals surface area contributed by atoms with Gasteiger partial charge in [-0.05, 0) is 12.3 Å². The maximum Gasteiger partial charge on any atom is 0.326 e. The first-order chi connectivity index (χ1) is 10.8. The molecular weight excluding hydrogens is 302 g/mol. The Hall–Kier alpha value is -2.42. The van der Waals surface area contributed by atoms with Crippen molar-refractivity contribution in [1.82, 2.24) is 20.6 Å². The summed E-state index contributed by atoms with van der Waals surface area (Å²) in [7, 11) is 0. The maximum atomic E-state index is 12.3. The van der Waals surface area contributed by atoms with Crippen LogP contribution in [0.3, 0.4) is 0 Å². The number of aromatic amines is 1. The van der Waals surface area contributed by atoms with Crippen molar-refractivity contribution in [2.75, 3.05) is 6.54 Å². The van der Waals surface area contributed by atoms with Crippen molar-refractivity contribution >= 4 is 17.8 Å². The number of imidazole rings is 1. The van der Waals surface area contributed by atoms with Crippen molar-refractivity contribution in [2.45, 2.75) is 38.8 Å². The minimum absolute atomic E-state index is 0.0697. The summed E-state index contributed by atoms with van der Waals surface area (Å²) < 4.78 is 0. The number of carboxylic acid groups (broad SMARTS) is 1. The molecule has 2 atom stereocenters. The fourth-order valence-corrected chi connectivity index (χ4v) is 2.04. The highest BCUT2D eigenvalue weighted by Gasteiger charge is 2.27. The van der Waals surface area contributed by atoms with E-state index >= 15 is 0 Å². The average molecular weight is 325 g/mol. The standard InChI is InChI=1S/C14H23N5O4/c1-8(2)3-10(18-12(20)5-15)13(21)19-11(14(22)23)4-9-6-16-7-17-9/h6-8,10-11H,3-5,15H2,1-2H3,(H,16,17)(H,18,20)(H,19,21)(H,22,23). The molecule has 0 aliphatic rings. The zero-order chi connectivity index (χ0) is 17.4. The van der Waals surface area contributed by atoms with Crippen molar-refractivity contribution < 1.29 is 19.5 Å². The van der Waals surface area contributed by atoms with Crippen LogP contribution in [0.4, 0.5) is 0 Å². The lowest BCUT2D eigenvalue weighted by Gasteiger charge is -2.22. The number of amides is 2. The Morgan fingerprint density at radius 2 is 2.00 bits per heavy atom. The molecule has 0 aliphatic carbocycles. The van der Waals surface area contributed by atoms with Gasteiger partial charge in [-0.3, -0.25) is 9.59 Å². The Bertz CT molecular complexity index is 529. The van der Waals surface area contributed by atoms with Crippen LogP contribution < -0.4 is 16.4 Å². The Morgan fingerprint density at radius 3 is 2.48 bits per heavy atom. The van der Waals surface area contributed by atoms with E-state index < -0.39 is 29.9 Å². The molecule has 23 heavy (non-hydrogen) atoms. The number of carbonyl (C=O) groups is 3. The predicted octanol–water partition coefficient (Wildman–Crippen LogP) is -0.989. The highest BCUT2D eigenvalue weighted by Crippen LogP contribution is 2.06. The maximum absolute atomic E-state index is 12.3. The van der Waals surface area contributed by atoms with Crippen LogP contribution in [0.5, 0.6) is 0 Å². The molecule has 0 fully saturated rings. The summed E-state index contributed by atoms with van der Waals surface area (Å²) in [5.41, 5.74) is 5.83. The molecule has 0 radical (unpaired) electrons. The molecule has 6 N–H and O–H groups in total. The molecule has 9 nitrogen and oxygen atoms in total. The number of carboxylic acids is 1. The molecule has 1 aromatic heterocycles. The number of rotatable bonds is 9. The van der Waals surface area contributed by atoms with Crippen molar-refractivity contribution in [3.8, 4) is 0 Å². The highest BCUT2D eigenvalue weighted by atomic mass is 16.4. The lowest BCUT2D eigenvalue weighted by Crippen LogP contribution is -2.53. The second-order valence-electron chi connectivity index (χ2n) is 5.63. The fraction of sp³-hybridized carbons (Fsp3) is 0.571. The molecule has 2 unspecified atom stereocenters. The number of nitrogens with one attached hydrogen (secondary N) is 3. The van der Waals surface area contributed by atoms with Crippen LogP contribution in [0, 0.1) is 5.92 Å². The van der Waals surface area contributed by atoms with Crippen LogP contribution in [0.2, 0.25) is 0 Å². The van der Waals surface area contributed by atoms with Gasteiger partial charge in [-0.25, -0.2) is 9.78 Å². The van der Waals surface area contributed by atoms with Gasteiger partial charge in [-0.1, -0.05) is 13.8 Å². The Morgan fingerprint density at radius 1 is 1.30 bits per heavy atom. The van der Waals surface area contributed by atoms with E-state index in [-0.39, 0.29) is 18.9 Å². The number of aromatic nitrogens is 2. The lowest BCUT2D eigenvalue weighted by molar-refractivity contribution is -0.142. The molecule has 128 valence electrons. The molecular formula is C14H23N5O4. The third-order valence-electron chi connectivity index (χ3n) is 3.14. The summed E-state index contributed by atoms with van der Waals surface area (Å²) in [5, 5.41) is 14.2. The van der Waals surface area contributed by atoms with Gasteiger partial charge in [0.15, 0.2) is 0 Å². The molecule has 0 bridgehead atoms. The van der Waals surface area contributed by atoms with Crippen molar-refractivity contribution in [1.29, 1.82) is 0 Å². The lowest BCUT2D eigenvalue weighted by atomic mass is 10.0. The normalized spacial score (nSPS) is 13.4. The number of nitrogens with two attached hydrogens (primary N) is 1. The zero-order valence-corrected chi connectivity index (χ0v) is 13.2. The van der Waals surface area contributed by atoms with Gasteiger partial charge >= 0.3 is 5.97 Å². The number of hydrogen-bond acceptors (Lipinski definition) is 5. The molecule has 1 rings (SSSR count). The summed E-state index contributed by atoms with van der Waals surface area (Å²) in [6, 6.07) is -1.94. The van der Waals surface area contributed by atoms with Crippen molar-refractivity contribution in [3.05, 3.63) is 18.2 Å². The van der Waals surface area contributed by atoms with Crippen molar-refractivity contribution in [3.63, 3.8) is 0 Å². The molecule has 1 aromatic rings. The number of aliphatic carboxylic acids is 1. The summed E-state index contributed by atoms with van der Waals surface area (Å²) >= 11 is 0. The summed E-state index contributed by atoms with van der Waals surface area (Å²) in [6.07, 6.45) is 3.37. The number of carbonyl (C=O) groups excluding carboxylic acids is 2. The second kappa shape index (κ2) is 8.89. The molecule has 0 aromatic carbocycles. The molecule has 0 spiro atoms. The van der Waals surface area contributed by atoms with Gasteiger partial charge in [-0.2, -0.15) is 0 Å². The molecule has 1 heterocycles. The first kappa shape index (κ1) is 18.6. The minimum atomic E-state index is -1.17. The van der Waals surface area contributed by atoms with E-state index in [1.165, 1.54) is 12.5 Å². The molecule has 9 heteroatoms. The molecule has 0 saturated heterocycles. The van der Waals surface area contributed by atoms with E-state index in [9.17, 15) is 19.5 Å². The topological polar surface area (TPSA) is 150 Å². The van der Waals surface area contributed by atoms with E-state index in [2.05, 4.69) is 20.6 Å². The third-order valence-corrected chi connectivity index (χ3v) is 3.14. The monoisotopic (exact) mass is 325 g/mol. The van der Waals surface area contributed by atoms with Gasteiger partial charge < -0.3 is 26.5 Å². The van der Waals surface area contributed by atoms with E-state index in [4.69, 9.17) is 5.73 Å². The van der Waals surface area contributed by atoms with Crippen molar-refractivity contribution in [2.24, 2.45) is 11.7 Å². The van der Waals surface area contributed by atoms with Crippen LogP contribution in [0.25, 0.3) is 0 Å². The van der Waals surface area contributed by atoms with E-state index in [0.29, 0.717) is 12.1 Å². The first-order valence-corrected chi connectivity index (χ1v) is 7.33. The number of hydrogen-bond donors (Lipinski definition) is 5. The second-order valence-corrected chi connectivity index (χ2v) is 5.63. The number of H-pyrrole nitrogens is 1. The largest absolute Gasteiger partial charge is 0.480 e. The highest BCUT2D eigenvalue weighted by molar-refractivity contribution is 5.90.